The number of amides is 1. The van der Waals surface area contributed by atoms with E-state index in [0.717, 1.165) is 0 Å². The van der Waals surface area contributed by atoms with E-state index in [4.69, 9.17) is 21.1 Å². The van der Waals surface area contributed by atoms with Gasteiger partial charge < -0.3 is 14.8 Å². The summed E-state index contributed by atoms with van der Waals surface area (Å²) in [6.45, 7) is 1.81. The van der Waals surface area contributed by atoms with Gasteiger partial charge in [0.1, 0.15) is 11.8 Å². The van der Waals surface area contributed by atoms with Crippen LogP contribution in [-0.4, -0.2) is 18.4 Å². The van der Waals surface area contributed by atoms with Crippen molar-refractivity contribution in [2.75, 3.05) is 0 Å². The van der Waals surface area contributed by atoms with E-state index in [1.807, 2.05) is 6.92 Å². The maximum absolute atomic E-state index is 10.9. The van der Waals surface area contributed by atoms with Gasteiger partial charge in [-0.1, -0.05) is 11.6 Å². The third kappa shape index (κ3) is 2.33. The molecule has 0 radical (unpaired) electrons. The van der Waals surface area contributed by atoms with Crippen molar-refractivity contribution in [2.24, 2.45) is 0 Å². The van der Waals surface area contributed by atoms with Gasteiger partial charge in [-0.2, -0.15) is 0 Å². The van der Waals surface area contributed by atoms with E-state index in [1.54, 1.807) is 24.3 Å². The summed E-state index contributed by atoms with van der Waals surface area (Å²) in [5, 5.41) is 3.22. The molecule has 0 bridgehead atoms. The molecule has 0 aromatic heterocycles. The molecule has 2 rings (SSSR count). The second-order valence-corrected chi connectivity index (χ2v) is 3.71. The molecular weight excluding hydrogens is 218 g/mol. The average molecular weight is 228 g/mol. The van der Waals surface area contributed by atoms with Crippen LogP contribution in [0.2, 0.25) is 5.02 Å². The fourth-order valence-corrected chi connectivity index (χ4v) is 1.39. The average Bonchev–Trinajstić information content (AvgIpc) is 2.49. The van der Waals surface area contributed by atoms with Crippen LogP contribution in [0.1, 0.15) is 6.92 Å². The van der Waals surface area contributed by atoms with E-state index in [-0.39, 0.29) is 6.04 Å². The lowest BCUT2D eigenvalue weighted by molar-refractivity contribution is -0.0109. The molecule has 80 valence electrons. The lowest BCUT2D eigenvalue weighted by atomic mass is 10.3. The minimum atomic E-state index is -0.585. The maximum Gasteiger partial charge on any atom is 0.410 e. The van der Waals surface area contributed by atoms with Crippen LogP contribution < -0.4 is 10.1 Å². The number of benzene rings is 1. The third-order valence-corrected chi connectivity index (χ3v) is 2.29. The number of rotatable bonds is 2. The zero-order valence-corrected chi connectivity index (χ0v) is 8.82. The number of hydrogen-bond acceptors (Lipinski definition) is 3. The molecule has 1 aromatic carbocycles. The molecule has 1 N–H and O–H groups in total. The van der Waals surface area contributed by atoms with Gasteiger partial charge in [-0.3, -0.25) is 0 Å². The van der Waals surface area contributed by atoms with Gasteiger partial charge in [-0.05, 0) is 31.2 Å². The highest BCUT2D eigenvalue weighted by atomic mass is 35.5. The standard InChI is InChI=1S/C10H10ClNO3/c1-6-9(15-10(13)12-6)14-8-4-2-7(11)3-5-8/h2-6,9H,1H3,(H,12,13)/t6-,9+/m1/s1. The molecule has 5 heteroatoms. The van der Waals surface area contributed by atoms with Crippen LogP contribution in [0, 0.1) is 0 Å². The summed E-state index contributed by atoms with van der Waals surface area (Å²) < 4.78 is 10.4. The van der Waals surface area contributed by atoms with Gasteiger partial charge in [-0.25, -0.2) is 4.79 Å². The van der Waals surface area contributed by atoms with Crippen LogP contribution >= 0.6 is 11.6 Å². The molecule has 1 heterocycles. The third-order valence-electron chi connectivity index (χ3n) is 2.04. The molecule has 1 amide bonds. The highest BCUT2D eigenvalue weighted by Crippen LogP contribution is 2.19. The molecule has 1 aliphatic heterocycles. The Labute approximate surface area is 92.1 Å². The molecule has 1 aliphatic rings. The number of carbonyl (C=O) groups is 1. The van der Waals surface area contributed by atoms with Crippen molar-refractivity contribution in [2.45, 2.75) is 19.3 Å². The van der Waals surface area contributed by atoms with Crippen LogP contribution in [0.3, 0.4) is 0 Å². The molecule has 15 heavy (non-hydrogen) atoms. The minimum absolute atomic E-state index is 0.159. The molecule has 0 unspecified atom stereocenters. The van der Waals surface area contributed by atoms with Crippen LogP contribution in [0.15, 0.2) is 24.3 Å². The second kappa shape index (κ2) is 3.98. The predicted octanol–water partition coefficient (Wildman–Crippen LogP) is 2.17. The van der Waals surface area contributed by atoms with E-state index >= 15 is 0 Å². The minimum Gasteiger partial charge on any atom is -0.452 e. The zero-order chi connectivity index (χ0) is 10.8. The van der Waals surface area contributed by atoms with Crippen LogP contribution in [0.25, 0.3) is 0 Å². The summed E-state index contributed by atoms with van der Waals surface area (Å²) >= 11 is 5.73. The van der Waals surface area contributed by atoms with Gasteiger partial charge in [0.2, 0.25) is 0 Å². The summed E-state index contributed by atoms with van der Waals surface area (Å²) in [5.74, 6) is 0.618. The molecule has 1 saturated heterocycles. The Hall–Kier alpha value is -1.42. The molecule has 1 aromatic rings. The maximum atomic E-state index is 10.9. The topological polar surface area (TPSA) is 47.6 Å². The van der Waals surface area contributed by atoms with Gasteiger partial charge in [0.25, 0.3) is 6.29 Å². The van der Waals surface area contributed by atoms with Crippen LogP contribution in [0.5, 0.6) is 5.75 Å². The highest BCUT2D eigenvalue weighted by molar-refractivity contribution is 6.30. The van der Waals surface area contributed by atoms with Crippen molar-refractivity contribution in [1.82, 2.24) is 5.32 Å². The Balaban J connectivity index is 2.03. The van der Waals surface area contributed by atoms with Gasteiger partial charge in [-0.15, -0.1) is 0 Å². The number of carbonyl (C=O) groups excluding carboxylic acids is 1. The monoisotopic (exact) mass is 227 g/mol. The Morgan fingerprint density at radius 3 is 2.60 bits per heavy atom. The van der Waals surface area contributed by atoms with Crippen LogP contribution in [-0.2, 0) is 4.74 Å². The quantitative estimate of drug-likeness (QED) is 0.843. The van der Waals surface area contributed by atoms with E-state index in [9.17, 15) is 4.79 Å². The molecular formula is C10H10ClNO3. The van der Waals surface area contributed by atoms with Crippen molar-refractivity contribution in [3.63, 3.8) is 0 Å². The molecule has 0 saturated carbocycles. The Morgan fingerprint density at radius 1 is 1.40 bits per heavy atom. The van der Waals surface area contributed by atoms with E-state index in [1.165, 1.54) is 0 Å². The zero-order valence-electron chi connectivity index (χ0n) is 8.07. The molecule has 4 nitrogen and oxygen atoms in total. The van der Waals surface area contributed by atoms with Crippen LogP contribution in [0.4, 0.5) is 4.79 Å². The molecule has 1 fully saturated rings. The fourth-order valence-electron chi connectivity index (χ4n) is 1.27. The number of nitrogens with one attached hydrogen (secondary N) is 1. The predicted molar refractivity (Wildman–Crippen MR) is 54.9 cm³/mol. The van der Waals surface area contributed by atoms with E-state index in [2.05, 4.69) is 5.32 Å². The summed E-state index contributed by atoms with van der Waals surface area (Å²) in [4.78, 5) is 10.9. The molecule has 0 aliphatic carbocycles. The van der Waals surface area contributed by atoms with Gasteiger partial charge in [0, 0.05) is 5.02 Å². The number of ether oxygens (including phenoxy) is 2. The van der Waals surface area contributed by atoms with Crippen molar-refractivity contribution in [3.05, 3.63) is 29.3 Å². The van der Waals surface area contributed by atoms with Crippen molar-refractivity contribution < 1.29 is 14.3 Å². The van der Waals surface area contributed by atoms with Crippen molar-refractivity contribution in [1.29, 1.82) is 0 Å². The van der Waals surface area contributed by atoms with Gasteiger partial charge >= 0.3 is 6.09 Å². The summed E-state index contributed by atoms with van der Waals surface area (Å²) in [6, 6.07) is 6.72. The lowest BCUT2D eigenvalue weighted by Crippen LogP contribution is -2.31. The first kappa shape index (κ1) is 10.1. The fraction of sp³-hybridized carbons (Fsp3) is 0.300. The first-order chi connectivity index (χ1) is 7.15. The van der Waals surface area contributed by atoms with Gasteiger partial charge in [0.15, 0.2) is 0 Å². The Bertz CT molecular complexity index is 365. The lowest BCUT2D eigenvalue weighted by Gasteiger charge is -2.14. The first-order valence-corrected chi connectivity index (χ1v) is 4.92. The second-order valence-electron chi connectivity index (χ2n) is 3.28. The van der Waals surface area contributed by atoms with Gasteiger partial charge in [0.05, 0.1) is 0 Å². The first-order valence-electron chi connectivity index (χ1n) is 4.54. The number of hydrogen-bond donors (Lipinski definition) is 1. The SMILES string of the molecule is C[C@H]1NC(=O)O[C@@H]1Oc1ccc(Cl)cc1. The summed E-state index contributed by atoms with van der Waals surface area (Å²) in [5.41, 5.74) is 0. The molecule has 0 spiro atoms. The van der Waals surface area contributed by atoms with E-state index < -0.39 is 12.4 Å². The Kier molecular flexibility index (Phi) is 2.68. The largest absolute Gasteiger partial charge is 0.452 e. The highest BCUT2D eigenvalue weighted by Gasteiger charge is 2.32. The number of cyclic esters (lactones) is 1. The van der Waals surface area contributed by atoms with Crippen molar-refractivity contribution in [3.8, 4) is 5.75 Å². The van der Waals surface area contributed by atoms with E-state index in [0.29, 0.717) is 10.8 Å². The molecule has 2 atom stereocenters. The smallest absolute Gasteiger partial charge is 0.410 e. The van der Waals surface area contributed by atoms with Crippen molar-refractivity contribution >= 4 is 17.7 Å². The Morgan fingerprint density at radius 2 is 2.07 bits per heavy atom. The summed E-state index contributed by atoms with van der Waals surface area (Å²) in [6.07, 6.45) is -1.04. The number of halogens is 1. The number of alkyl carbamates (subject to hydrolysis) is 1. The summed E-state index contributed by atoms with van der Waals surface area (Å²) in [7, 11) is 0. The normalized spacial score (nSPS) is 24.5.